The molecular formula is C24H36O. The fourth-order valence-electron chi connectivity index (χ4n) is 8.49. The van der Waals surface area contributed by atoms with E-state index in [2.05, 4.69) is 39.8 Å². The topological polar surface area (TPSA) is 9.23 Å². The van der Waals surface area contributed by atoms with Crippen molar-refractivity contribution in [1.82, 2.24) is 0 Å². The molecule has 25 heavy (non-hydrogen) atoms. The molecule has 5 aliphatic carbocycles. The lowest BCUT2D eigenvalue weighted by Crippen LogP contribution is -2.50. The minimum absolute atomic E-state index is 0.416. The van der Waals surface area contributed by atoms with Crippen LogP contribution in [0, 0.1) is 46.3 Å². The third-order valence-electron chi connectivity index (χ3n) is 9.51. The number of ether oxygens (including phenoxy) is 1. The lowest BCUT2D eigenvalue weighted by Gasteiger charge is -2.58. The van der Waals surface area contributed by atoms with Crippen molar-refractivity contribution in [3.8, 4) is 0 Å². The summed E-state index contributed by atoms with van der Waals surface area (Å²) in [7, 11) is 0. The van der Waals surface area contributed by atoms with Crippen molar-refractivity contribution in [1.29, 1.82) is 0 Å². The SMILES string of the molecule is CCOC1=CC2=CC[C@H]3[C@@H]4[C@@H]5C[C@@H]5[C@@H](CC)[C@@]4(C)CC[C@@H]3[C@@]2(C)CC1. The highest BCUT2D eigenvalue weighted by molar-refractivity contribution is 5.36. The molecule has 0 bridgehead atoms. The molecule has 8 atom stereocenters. The summed E-state index contributed by atoms with van der Waals surface area (Å²) in [5.74, 6) is 7.33. The van der Waals surface area contributed by atoms with Gasteiger partial charge in [-0.05, 0) is 97.0 Å². The van der Waals surface area contributed by atoms with Crippen LogP contribution in [0.15, 0.2) is 23.5 Å². The van der Waals surface area contributed by atoms with Gasteiger partial charge in [0.25, 0.3) is 0 Å². The average Bonchev–Trinajstić information content (AvgIpc) is 3.30. The molecule has 3 saturated carbocycles. The van der Waals surface area contributed by atoms with E-state index < -0.39 is 0 Å². The van der Waals surface area contributed by atoms with Crippen LogP contribution >= 0.6 is 0 Å². The molecule has 138 valence electrons. The summed E-state index contributed by atoms with van der Waals surface area (Å²) < 4.78 is 5.87. The molecule has 1 nitrogen and oxygen atoms in total. The predicted octanol–water partition coefficient (Wildman–Crippen LogP) is 6.36. The van der Waals surface area contributed by atoms with Crippen LogP contribution in [0.4, 0.5) is 0 Å². The summed E-state index contributed by atoms with van der Waals surface area (Å²) >= 11 is 0. The standard InChI is InChI=1S/C24H36O/c1-5-20-18-14-19(18)22-17-8-7-15-13-16(25-6-2)9-11-23(15,3)21(17)10-12-24(20,22)4/h7,13,17-22H,5-6,8-12,14H2,1-4H3/t17-,18+,19-,20-,21+,22-,23+,24-/m1/s1. The van der Waals surface area contributed by atoms with Gasteiger partial charge in [0.1, 0.15) is 0 Å². The minimum Gasteiger partial charge on any atom is -0.498 e. The van der Waals surface area contributed by atoms with E-state index in [0.29, 0.717) is 10.8 Å². The van der Waals surface area contributed by atoms with Crippen LogP contribution in [0.3, 0.4) is 0 Å². The summed E-state index contributed by atoms with van der Waals surface area (Å²) in [5, 5.41) is 0. The Labute approximate surface area is 154 Å². The highest BCUT2D eigenvalue weighted by Crippen LogP contribution is 2.75. The first kappa shape index (κ1) is 16.5. The molecule has 3 fully saturated rings. The van der Waals surface area contributed by atoms with E-state index in [-0.39, 0.29) is 0 Å². The average molecular weight is 341 g/mol. The fourth-order valence-corrected chi connectivity index (χ4v) is 8.49. The normalized spacial score (nSPS) is 53.0. The second-order valence-electron chi connectivity index (χ2n) is 10.3. The van der Waals surface area contributed by atoms with Crippen LogP contribution in [0.5, 0.6) is 0 Å². The Morgan fingerprint density at radius 3 is 2.72 bits per heavy atom. The van der Waals surface area contributed by atoms with Crippen molar-refractivity contribution in [2.24, 2.45) is 46.3 Å². The monoisotopic (exact) mass is 340 g/mol. The van der Waals surface area contributed by atoms with E-state index in [1.807, 2.05) is 0 Å². The van der Waals surface area contributed by atoms with Crippen molar-refractivity contribution in [3.63, 3.8) is 0 Å². The molecule has 5 rings (SSSR count). The molecule has 0 saturated heterocycles. The summed E-state index contributed by atoms with van der Waals surface area (Å²) in [6, 6.07) is 0. The Morgan fingerprint density at radius 2 is 1.96 bits per heavy atom. The number of allylic oxidation sites excluding steroid dienone is 4. The smallest absolute Gasteiger partial charge is 0.0962 e. The van der Waals surface area contributed by atoms with E-state index >= 15 is 0 Å². The van der Waals surface area contributed by atoms with Gasteiger partial charge < -0.3 is 4.74 Å². The molecular weight excluding hydrogens is 304 g/mol. The molecule has 0 unspecified atom stereocenters. The summed E-state index contributed by atoms with van der Waals surface area (Å²) in [5.41, 5.74) is 2.69. The number of hydrogen-bond donors (Lipinski definition) is 0. The molecule has 0 radical (unpaired) electrons. The Balaban J connectivity index is 1.49. The molecule has 0 heterocycles. The zero-order valence-electron chi connectivity index (χ0n) is 16.7. The Bertz CT molecular complexity index is 630. The molecule has 0 spiro atoms. The van der Waals surface area contributed by atoms with Crippen LogP contribution in [-0.2, 0) is 4.74 Å². The van der Waals surface area contributed by atoms with E-state index in [1.165, 1.54) is 37.9 Å². The van der Waals surface area contributed by atoms with Crippen molar-refractivity contribution in [2.75, 3.05) is 6.61 Å². The largest absolute Gasteiger partial charge is 0.498 e. The first-order valence-corrected chi connectivity index (χ1v) is 11.1. The van der Waals surface area contributed by atoms with Gasteiger partial charge >= 0.3 is 0 Å². The molecule has 0 aromatic carbocycles. The Hall–Kier alpha value is -0.720. The van der Waals surface area contributed by atoms with E-state index in [4.69, 9.17) is 4.74 Å². The van der Waals surface area contributed by atoms with Gasteiger partial charge in [0.15, 0.2) is 0 Å². The molecule has 0 amide bonds. The van der Waals surface area contributed by atoms with Crippen LogP contribution in [-0.4, -0.2) is 6.61 Å². The summed E-state index contributed by atoms with van der Waals surface area (Å²) in [6.07, 6.45) is 14.8. The minimum atomic E-state index is 0.416. The van der Waals surface area contributed by atoms with Crippen molar-refractivity contribution >= 4 is 0 Å². The van der Waals surface area contributed by atoms with Gasteiger partial charge in [-0.1, -0.05) is 33.3 Å². The van der Waals surface area contributed by atoms with Crippen LogP contribution < -0.4 is 0 Å². The molecule has 0 aliphatic heterocycles. The zero-order valence-corrected chi connectivity index (χ0v) is 16.7. The van der Waals surface area contributed by atoms with Gasteiger partial charge in [-0.25, -0.2) is 0 Å². The fraction of sp³-hybridized carbons (Fsp3) is 0.833. The first-order chi connectivity index (χ1) is 12.0. The van der Waals surface area contributed by atoms with Gasteiger partial charge in [0.2, 0.25) is 0 Å². The lowest BCUT2D eigenvalue weighted by molar-refractivity contribution is -0.0541. The van der Waals surface area contributed by atoms with E-state index in [1.54, 1.807) is 12.0 Å². The van der Waals surface area contributed by atoms with Crippen LogP contribution in [0.25, 0.3) is 0 Å². The second kappa shape index (κ2) is 5.40. The molecule has 0 aromatic rings. The van der Waals surface area contributed by atoms with Crippen molar-refractivity contribution in [2.45, 2.75) is 72.6 Å². The van der Waals surface area contributed by atoms with Crippen LogP contribution in [0.1, 0.15) is 72.6 Å². The highest BCUT2D eigenvalue weighted by Gasteiger charge is 2.69. The zero-order chi connectivity index (χ0) is 17.4. The maximum atomic E-state index is 5.87. The maximum Gasteiger partial charge on any atom is 0.0962 e. The second-order valence-corrected chi connectivity index (χ2v) is 10.3. The summed E-state index contributed by atoms with van der Waals surface area (Å²) in [4.78, 5) is 0. The number of rotatable bonds is 3. The van der Waals surface area contributed by atoms with E-state index in [0.717, 1.165) is 48.5 Å². The quantitative estimate of drug-likeness (QED) is 0.580. The maximum absolute atomic E-state index is 5.87. The third-order valence-corrected chi connectivity index (χ3v) is 9.51. The third kappa shape index (κ3) is 2.07. The molecule has 1 heteroatoms. The molecule has 5 aliphatic rings. The number of fused-ring (bicyclic) bond motifs is 7. The predicted molar refractivity (Wildman–Crippen MR) is 103 cm³/mol. The van der Waals surface area contributed by atoms with Gasteiger partial charge in [0.05, 0.1) is 12.4 Å². The van der Waals surface area contributed by atoms with Crippen molar-refractivity contribution < 1.29 is 4.74 Å². The Kier molecular flexibility index (Phi) is 3.55. The number of hydrogen-bond acceptors (Lipinski definition) is 1. The highest BCUT2D eigenvalue weighted by atomic mass is 16.5. The van der Waals surface area contributed by atoms with Gasteiger partial charge in [0, 0.05) is 6.42 Å². The van der Waals surface area contributed by atoms with Crippen molar-refractivity contribution in [3.05, 3.63) is 23.5 Å². The molecule has 0 aromatic heterocycles. The van der Waals surface area contributed by atoms with Gasteiger partial charge in [-0.15, -0.1) is 0 Å². The lowest BCUT2D eigenvalue weighted by atomic mass is 9.47. The first-order valence-electron chi connectivity index (χ1n) is 11.1. The van der Waals surface area contributed by atoms with Gasteiger partial charge in [-0.3, -0.25) is 0 Å². The summed E-state index contributed by atoms with van der Waals surface area (Å²) in [6.45, 7) is 10.7. The van der Waals surface area contributed by atoms with Crippen LogP contribution in [0.2, 0.25) is 0 Å². The Morgan fingerprint density at radius 1 is 1.12 bits per heavy atom. The van der Waals surface area contributed by atoms with Gasteiger partial charge in [-0.2, -0.15) is 0 Å². The molecule has 0 N–H and O–H groups in total. The van der Waals surface area contributed by atoms with E-state index in [9.17, 15) is 0 Å².